The first-order valence-corrected chi connectivity index (χ1v) is 8.83. The van der Waals surface area contributed by atoms with E-state index in [4.69, 9.17) is 10.5 Å². The summed E-state index contributed by atoms with van der Waals surface area (Å²) in [6.45, 7) is 4.25. The van der Waals surface area contributed by atoms with E-state index in [0.29, 0.717) is 32.4 Å². The number of unbranched alkanes of at least 4 members (excludes halogenated alkanes) is 1. The van der Waals surface area contributed by atoms with Crippen molar-refractivity contribution in [2.24, 2.45) is 5.73 Å². The molecule has 0 aliphatic carbocycles. The van der Waals surface area contributed by atoms with Crippen LogP contribution in [-0.4, -0.2) is 33.6 Å². The van der Waals surface area contributed by atoms with Crippen LogP contribution >= 0.6 is 12.4 Å². The number of carbonyl (C=O) groups is 1. The van der Waals surface area contributed by atoms with Gasteiger partial charge in [-0.1, -0.05) is 24.1 Å². The zero-order valence-corrected chi connectivity index (χ0v) is 15.1. The molecule has 8 heteroatoms. The topological polar surface area (TPSA) is 98.5 Å². The summed E-state index contributed by atoms with van der Waals surface area (Å²) in [6.07, 6.45) is 1.74. The van der Waals surface area contributed by atoms with Gasteiger partial charge in [0.2, 0.25) is 10.0 Å². The van der Waals surface area contributed by atoms with Crippen LogP contribution in [0.2, 0.25) is 0 Å². The summed E-state index contributed by atoms with van der Waals surface area (Å²) >= 11 is 0. The second-order valence-electron chi connectivity index (χ2n) is 5.07. The minimum absolute atomic E-state index is 0. The van der Waals surface area contributed by atoms with Crippen LogP contribution in [-0.2, 0) is 19.6 Å². The van der Waals surface area contributed by atoms with E-state index >= 15 is 0 Å². The molecule has 0 saturated heterocycles. The number of nitrogens with two attached hydrogens (primary N) is 1. The number of hydrogen-bond acceptors (Lipinski definition) is 5. The average Bonchev–Trinajstić information content (AvgIpc) is 2.47. The van der Waals surface area contributed by atoms with Crippen LogP contribution in [0.4, 0.5) is 0 Å². The number of hydrogen-bond donors (Lipinski definition) is 2. The Labute approximate surface area is 144 Å². The number of sulfonamides is 1. The van der Waals surface area contributed by atoms with E-state index in [1.54, 1.807) is 31.2 Å². The normalized spacial score (nSPS) is 12.3. The summed E-state index contributed by atoms with van der Waals surface area (Å²) in [5, 5.41) is 0. The molecular formula is C15H25ClN2O4S. The lowest BCUT2D eigenvalue weighted by atomic mass is 10.1. The Morgan fingerprint density at radius 2 is 1.87 bits per heavy atom. The molecule has 0 aliphatic rings. The third-order valence-corrected chi connectivity index (χ3v) is 4.63. The lowest BCUT2D eigenvalue weighted by Crippen LogP contribution is -2.32. The van der Waals surface area contributed by atoms with Crippen LogP contribution in [0.5, 0.6) is 0 Å². The highest BCUT2D eigenvalue weighted by Crippen LogP contribution is 2.10. The summed E-state index contributed by atoms with van der Waals surface area (Å²) < 4.78 is 31.4. The first-order chi connectivity index (χ1) is 10.4. The third kappa shape index (κ3) is 7.78. The van der Waals surface area contributed by atoms with Crippen LogP contribution < -0.4 is 10.5 Å². The second kappa shape index (κ2) is 10.6. The van der Waals surface area contributed by atoms with E-state index in [1.165, 1.54) is 0 Å². The lowest BCUT2D eigenvalue weighted by Gasteiger charge is -2.10. The monoisotopic (exact) mass is 364 g/mol. The molecule has 0 unspecified atom stereocenters. The molecule has 6 nitrogen and oxygen atoms in total. The summed E-state index contributed by atoms with van der Waals surface area (Å²) in [6, 6.07) is 6.02. The van der Waals surface area contributed by atoms with E-state index in [2.05, 4.69) is 4.72 Å². The Hall–Kier alpha value is -1.15. The molecule has 0 aromatic heterocycles. The van der Waals surface area contributed by atoms with Gasteiger partial charge >= 0.3 is 5.97 Å². The van der Waals surface area contributed by atoms with Crippen molar-refractivity contribution in [3.8, 4) is 0 Å². The van der Waals surface area contributed by atoms with Crippen LogP contribution in [0.1, 0.15) is 31.7 Å². The van der Waals surface area contributed by atoms with Gasteiger partial charge in [-0.25, -0.2) is 13.1 Å². The molecule has 0 bridgehead atoms. The Kier molecular flexibility index (Phi) is 10.1. The number of halogens is 1. The molecule has 0 aliphatic heterocycles. The van der Waals surface area contributed by atoms with Gasteiger partial charge in [-0.3, -0.25) is 4.79 Å². The Morgan fingerprint density at radius 1 is 1.26 bits per heavy atom. The predicted octanol–water partition coefficient (Wildman–Crippen LogP) is 1.76. The molecule has 132 valence electrons. The van der Waals surface area contributed by atoms with E-state index < -0.39 is 22.0 Å². The van der Waals surface area contributed by atoms with Gasteiger partial charge in [-0.2, -0.15) is 0 Å². The maximum atomic E-state index is 12.0. The fourth-order valence-electron chi connectivity index (χ4n) is 1.86. The van der Waals surface area contributed by atoms with Crippen molar-refractivity contribution in [3.05, 3.63) is 29.8 Å². The SMILES string of the molecule is CCOC(=O)[C@H](N)CCCCNS(=O)(=O)c1ccc(C)cc1.Cl. The minimum Gasteiger partial charge on any atom is -0.465 e. The van der Waals surface area contributed by atoms with Crippen molar-refractivity contribution in [3.63, 3.8) is 0 Å². The summed E-state index contributed by atoms with van der Waals surface area (Å²) in [5.41, 5.74) is 6.67. The van der Waals surface area contributed by atoms with Crippen molar-refractivity contribution < 1.29 is 17.9 Å². The maximum absolute atomic E-state index is 12.0. The van der Waals surface area contributed by atoms with Gasteiger partial charge in [0.25, 0.3) is 0 Å². The summed E-state index contributed by atoms with van der Waals surface area (Å²) in [5.74, 6) is -0.414. The van der Waals surface area contributed by atoms with Crippen LogP contribution in [0, 0.1) is 6.92 Å². The summed E-state index contributed by atoms with van der Waals surface area (Å²) in [7, 11) is -3.48. The minimum atomic E-state index is -3.48. The Bertz CT molecular complexity index is 576. The van der Waals surface area contributed by atoms with Crippen molar-refractivity contribution in [2.75, 3.05) is 13.2 Å². The average molecular weight is 365 g/mol. The van der Waals surface area contributed by atoms with E-state index in [1.807, 2.05) is 6.92 Å². The molecule has 0 heterocycles. The van der Waals surface area contributed by atoms with Gasteiger partial charge in [-0.15, -0.1) is 12.4 Å². The number of esters is 1. The third-order valence-electron chi connectivity index (χ3n) is 3.15. The number of ether oxygens (including phenoxy) is 1. The zero-order valence-electron chi connectivity index (χ0n) is 13.4. The Balaban J connectivity index is 0.00000484. The number of nitrogens with one attached hydrogen (secondary N) is 1. The Morgan fingerprint density at radius 3 is 2.43 bits per heavy atom. The number of rotatable bonds is 9. The van der Waals surface area contributed by atoms with Crippen LogP contribution in [0.3, 0.4) is 0 Å². The largest absolute Gasteiger partial charge is 0.465 e. The molecule has 3 N–H and O–H groups in total. The molecule has 1 aromatic rings. The number of aryl methyl sites for hydroxylation is 1. The molecule has 1 rings (SSSR count). The quantitative estimate of drug-likeness (QED) is 0.514. The zero-order chi connectivity index (χ0) is 16.6. The maximum Gasteiger partial charge on any atom is 0.322 e. The number of carbonyl (C=O) groups excluding carboxylic acids is 1. The lowest BCUT2D eigenvalue weighted by molar-refractivity contribution is -0.144. The molecule has 0 fully saturated rings. The molecular weight excluding hydrogens is 340 g/mol. The van der Waals surface area contributed by atoms with Gasteiger partial charge in [0, 0.05) is 6.54 Å². The predicted molar refractivity (Wildman–Crippen MR) is 92.1 cm³/mol. The van der Waals surface area contributed by atoms with Crippen molar-refractivity contribution in [1.82, 2.24) is 4.72 Å². The van der Waals surface area contributed by atoms with Gasteiger partial charge in [0.15, 0.2) is 0 Å². The molecule has 1 atom stereocenters. The first kappa shape index (κ1) is 21.9. The van der Waals surface area contributed by atoms with Crippen molar-refractivity contribution >= 4 is 28.4 Å². The van der Waals surface area contributed by atoms with Crippen LogP contribution in [0.15, 0.2) is 29.2 Å². The standard InChI is InChI=1S/C15H24N2O4S.ClH/c1-3-21-15(18)14(16)6-4-5-11-17-22(19,20)13-9-7-12(2)8-10-13;/h7-10,14,17H,3-6,11,16H2,1-2H3;1H/t14-;/m1./s1. The highest BCUT2D eigenvalue weighted by molar-refractivity contribution is 7.89. The van der Waals surface area contributed by atoms with Gasteiger partial charge < -0.3 is 10.5 Å². The van der Waals surface area contributed by atoms with E-state index in [9.17, 15) is 13.2 Å². The molecule has 0 spiro atoms. The van der Waals surface area contributed by atoms with Gasteiger partial charge in [0.05, 0.1) is 11.5 Å². The molecule has 0 saturated carbocycles. The second-order valence-corrected chi connectivity index (χ2v) is 6.83. The molecule has 23 heavy (non-hydrogen) atoms. The van der Waals surface area contributed by atoms with Gasteiger partial charge in [-0.05, 0) is 38.8 Å². The first-order valence-electron chi connectivity index (χ1n) is 7.35. The van der Waals surface area contributed by atoms with Gasteiger partial charge in [0.1, 0.15) is 6.04 Å². The fraction of sp³-hybridized carbons (Fsp3) is 0.533. The van der Waals surface area contributed by atoms with Crippen LogP contribution in [0.25, 0.3) is 0 Å². The molecule has 0 radical (unpaired) electrons. The van der Waals surface area contributed by atoms with Crippen molar-refractivity contribution in [1.29, 1.82) is 0 Å². The fourth-order valence-corrected chi connectivity index (χ4v) is 2.94. The number of benzene rings is 1. The summed E-state index contributed by atoms with van der Waals surface area (Å²) in [4.78, 5) is 11.6. The highest BCUT2D eigenvalue weighted by atomic mass is 35.5. The molecule has 1 aromatic carbocycles. The molecule has 0 amide bonds. The van der Waals surface area contributed by atoms with E-state index in [-0.39, 0.29) is 17.3 Å². The van der Waals surface area contributed by atoms with Crippen molar-refractivity contribution in [2.45, 2.75) is 44.0 Å². The highest BCUT2D eigenvalue weighted by Gasteiger charge is 2.15. The smallest absolute Gasteiger partial charge is 0.322 e. The van der Waals surface area contributed by atoms with E-state index in [0.717, 1.165) is 5.56 Å².